The minimum absolute atomic E-state index is 0.209. The van der Waals surface area contributed by atoms with Crippen LogP contribution in [0.25, 0.3) is 0 Å². The zero-order valence-electron chi connectivity index (χ0n) is 19.0. The predicted octanol–water partition coefficient (Wildman–Crippen LogP) is 3.76. The summed E-state index contributed by atoms with van der Waals surface area (Å²) in [4.78, 5) is 2.42. The number of para-hydroxylation sites is 1. The van der Waals surface area contributed by atoms with Crippen molar-refractivity contribution in [2.45, 2.75) is 38.3 Å². The highest BCUT2D eigenvalue weighted by Crippen LogP contribution is 2.43. The Kier molecular flexibility index (Phi) is 7.40. The van der Waals surface area contributed by atoms with Gasteiger partial charge in [0.05, 0.1) is 19.8 Å². The van der Waals surface area contributed by atoms with Crippen LogP contribution in [0.2, 0.25) is 0 Å². The number of rotatable bonds is 10. The number of benzene rings is 2. The summed E-state index contributed by atoms with van der Waals surface area (Å²) in [6.45, 7) is 9.63. The van der Waals surface area contributed by atoms with Gasteiger partial charge >= 0.3 is 0 Å². The summed E-state index contributed by atoms with van der Waals surface area (Å²) in [5, 5.41) is 0. The molecule has 7 nitrogen and oxygen atoms in total. The Morgan fingerprint density at radius 1 is 1.06 bits per heavy atom. The Balaban J connectivity index is 1.36. The van der Waals surface area contributed by atoms with E-state index in [1.54, 1.807) is 0 Å². The Morgan fingerprint density at radius 2 is 1.84 bits per heavy atom. The van der Waals surface area contributed by atoms with Gasteiger partial charge in [-0.2, -0.15) is 0 Å². The summed E-state index contributed by atoms with van der Waals surface area (Å²) in [7, 11) is 0. The minimum Gasteiger partial charge on any atom is -0.494 e. The van der Waals surface area contributed by atoms with Gasteiger partial charge < -0.3 is 29.4 Å². The zero-order chi connectivity index (χ0) is 22.4. The average molecular weight is 443 g/mol. The van der Waals surface area contributed by atoms with Gasteiger partial charge in [-0.3, -0.25) is 4.90 Å². The highest BCUT2D eigenvalue weighted by Gasteiger charge is 2.26. The van der Waals surface area contributed by atoms with Crippen molar-refractivity contribution < 1.29 is 23.7 Å². The molecule has 0 radical (unpaired) electrons. The first kappa shape index (κ1) is 22.7. The van der Waals surface area contributed by atoms with E-state index in [1.807, 2.05) is 56.3 Å². The summed E-state index contributed by atoms with van der Waals surface area (Å²) in [6, 6.07) is 13.8. The number of morpholine rings is 1. The van der Waals surface area contributed by atoms with Crippen molar-refractivity contribution in [1.29, 1.82) is 0 Å². The standard InChI is InChI=1S/C25H34N2O5/c1-25(2,26)17-23(32-22-6-3-5-21-24(22)31-18-30-21)19-7-9-20(10-8-19)29-14-4-11-27-12-15-28-16-13-27/h3,5-10,23H,4,11-18,26H2,1-2H3. The van der Waals surface area contributed by atoms with Crippen LogP contribution in [0.15, 0.2) is 42.5 Å². The number of hydrogen-bond donors (Lipinski definition) is 1. The summed E-state index contributed by atoms with van der Waals surface area (Å²) in [5.74, 6) is 2.87. The van der Waals surface area contributed by atoms with E-state index >= 15 is 0 Å². The van der Waals surface area contributed by atoms with Gasteiger partial charge in [-0.25, -0.2) is 0 Å². The maximum atomic E-state index is 6.38. The molecule has 2 aromatic rings. The van der Waals surface area contributed by atoms with E-state index in [4.69, 9.17) is 29.4 Å². The molecule has 0 bridgehead atoms. The van der Waals surface area contributed by atoms with E-state index in [2.05, 4.69) is 4.90 Å². The number of hydrogen-bond acceptors (Lipinski definition) is 7. The minimum atomic E-state index is -0.394. The van der Waals surface area contributed by atoms with Crippen molar-refractivity contribution in [3.8, 4) is 23.0 Å². The maximum Gasteiger partial charge on any atom is 0.231 e. The molecule has 174 valence electrons. The quantitative estimate of drug-likeness (QED) is 0.562. The lowest BCUT2D eigenvalue weighted by Gasteiger charge is -2.27. The molecule has 0 saturated carbocycles. The fourth-order valence-corrected chi connectivity index (χ4v) is 3.94. The van der Waals surface area contributed by atoms with E-state index in [0.717, 1.165) is 50.6 Å². The molecule has 0 aromatic heterocycles. The SMILES string of the molecule is CC(C)(N)CC(Oc1cccc2c1OCO2)c1ccc(OCCCN2CCOCC2)cc1. The Hall–Kier alpha value is -2.48. The molecule has 0 amide bonds. The molecular weight excluding hydrogens is 408 g/mol. The third-order valence-electron chi connectivity index (χ3n) is 5.58. The van der Waals surface area contributed by atoms with Crippen molar-refractivity contribution in [3.63, 3.8) is 0 Å². The lowest BCUT2D eigenvalue weighted by Crippen LogP contribution is -2.37. The van der Waals surface area contributed by atoms with Crippen LogP contribution in [0.1, 0.15) is 38.4 Å². The fourth-order valence-electron chi connectivity index (χ4n) is 3.94. The molecule has 2 aliphatic heterocycles. The van der Waals surface area contributed by atoms with Crippen LogP contribution in [-0.2, 0) is 4.74 Å². The Morgan fingerprint density at radius 3 is 2.59 bits per heavy atom. The van der Waals surface area contributed by atoms with Gasteiger partial charge in [-0.15, -0.1) is 0 Å². The van der Waals surface area contributed by atoms with Gasteiger partial charge in [0, 0.05) is 31.6 Å². The van der Waals surface area contributed by atoms with Gasteiger partial charge in [0.15, 0.2) is 11.5 Å². The van der Waals surface area contributed by atoms with Crippen LogP contribution in [0.5, 0.6) is 23.0 Å². The molecule has 2 aliphatic rings. The molecule has 1 unspecified atom stereocenters. The van der Waals surface area contributed by atoms with Crippen molar-refractivity contribution >= 4 is 0 Å². The van der Waals surface area contributed by atoms with Crippen LogP contribution in [0.4, 0.5) is 0 Å². The van der Waals surface area contributed by atoms with Crippen LogP contribution < -0.4 is 24.7 Å². The zero-order valence-corrected chi connectivity index (χ0v) is 19.0. The molecule has 1 saturated heterocycles. The summed E-state index contributed by atoms with van der Waals surface area (Å²) in [5.41, 5.74) is 6.99. The molecule has 1 atom stereocenters. The Bertz CT molecular complexity index is 860. The van der Waals surface area contributed by atoms with Crippen molar-refractivity contribution in [2.24, 2.45) is 5.73 Å². The monoisotopic (exact) mass is 442 g/mol. The van der Waals surface area contributed by atoms with Gasteiger partial charge in [0.25, 0.3) is 0 Å². The van der Waals surface area contributed by atoms with Gasteiger partial charge in [-0.05, 0) is 50.1 Å². The van der Waals surface area contributed by atoms with Crippen molar-refractivity contribution in [2.75, 3.05) is 46.2 Å². The number of nitrogens with two attached hydrogens (primary N) is 1. The molecule has 2 N–H and O–H groups in total. The second-order valence-corrected chi connectivity index (χ2v) is 9.01. The summed E-state index contributed by atoms with van der Waals surface area (Å²) in [6.07, 6.45) is 1.42. The number of nitrogens with zero attached hydrogens (tertiary/aromatic N) is 1. The van der Waals surface area contributed by atoms with Crippen molar-refractivity contribution in [1.82, 2.24) is 4.90 Å². The molecule has 4 rings (SSSR count). The van der Waals surface area contributed by atoms with Crippen LogP contribution in [-0.4, -0.2) is 56.7 Å². The molecule has 1 fully saturated rings. The summed E-state index contributed by atoms with van der Waals surface area (Å²) >= 11 is 0. The second kappa shape index (κ2) is 10.4. The largest absolute Gasteiger partial charge is 0.494 e. The third-order valence-corrected chi connectivity index (χ3v) is 5.58. The normalized spacial score (nSPS) is 17.2. The maximum absolute atomic E-state index is 6.38. The first-order valence-electron chi connectivity index (χ1n) is 11.3. The molecule has 0 aliphatic carbocycles. The lowest BCUT2D eigenvalue weighted by atomic mass is 9.93. The lowest BCUT2D eigenvalue weighted by molar-refractivity contribution is 0.0358. The molecule has 32 heavy (non-hydrogen) atoms. The molecule has 2 aromatic carbocycles. The molecule has 0 spiro atoms. The van der Waals surface area contributed by atoms with Crippen LogP contribution >= 0.6 is 0 Å². The van der Waals surface area contributed by atoms with Gasteiger partial charge in [0.2, 0.25) is 12.5 Å². The molecule has 2 heterocycles. The molecule has 7 heteroatoms. The average Bonchev–Trinajstić information content (AvgIpc) is 3.27. The first-order valence-corrected chi connectivity index (χ1v) is 11.3. The highest BCUT2D eigenvalue weighted by atomic mass is 16.7. The Labute approximate surface area is 190 Å². The van der Waals surface area contributed by atoms with E-state index in [9.17, 15) is 0 Å². The number of fused-ring (bicyclic) bond motifs is 1. The second-order valence-electron chi connectivity index (χ2n) is 9.01. The van der Waals surface area contributed by atoms with Crippen LogP contribution in [0, 0.1) is 0 Å². The first-order chi connectivity index (χ1) is 15.5. The van der Waals surface area contributed by atoms with E-state index in [1.165, 1.54) is 0 Å². The van der Waals surface area contributed by atoms with Crippen LogP contribution in [0.3, 0.4) is 0 Å². The van der Waals surface area contributed by atoms with Gasteiger partial charge in [-0.1, -0.05) is 18.2 Å². The fraction of sp³-hybridized carbons (Fsp3) is 0.520. The summed E-state index contributed by atoms with van der Waals surface area (Å²) < 4.78 is 28.8. The smallest absolute Gasteiger partial charge is 0.231 e. The van der Waals surface area contributed by atoms with Crippen molar-refractivity contribution in [3.05, 3.63) is 48.0 Å². The third kappa shape index (κ3) is 6.28. The van der Waals surface area contributed by atoms with E-state index < -0.39 is 5.54 Å². The predicted molar refractivity (Wildman–Crippen MR) is 123 cm³/mol. The highest BCUT2D eigenvalue weighted by molar-refractivity contribution is 5.52. The van der Waals surface area contributed by atoms with E-state index in [0.29, 0.717) is 30.3 Å². The topological polar surface area (TPSA) is 75.4 Å². The number of ether oxygens (including phenoxy) is 5. The van der Waals surface area contributed by atoms with E-state index in [-0.39, 0.29) is 12.9 Å². The molecular formula is C25H34N2O5. The van der Waals surface area contributed by atoms with Gasteiger partial charge in [0.1, 0.15) is 11.9 Å².